The second kappa shape index (κ2) is 8.39. The molecule has 1 saturated heterocycles. The second-order valence-corrected chi connectivity index (χ2v) is 8.14. The number of hydrogen-bond acceptors (Lipinski definition) is 5. The zero-order chi connectivity index (χ0) is 22.1. The van der Waals surface area contributed by atoms with Crippen molar-refractivity contribution in [2.75, 3.05) is 7.11 Å². The molecule has 1 aliphatic heterocycles. The van der Waals surface area contributed by atoms with Gasteiger partial charge in [-0.1, -0.05) is 18.2 Å². The molecule has 2 aromatic carbocycles. The molecule has 0 aliphatic carbocycles. The molecule has 1 aromatic heterocycles. The third-order valence-corrected chi connectivity index (χ3v) is 5.97. The smallest absolute Gasteiger partial charge is 0.328 e. The van der Waals surface area contributed by atoms with E-state index < -0.39 is 23.2 Å². The molecule has 1 atom stereocenters. The number of hydrogen-bond donors (Lipinski definition) is 0. The highest BCUT2D eigenvalue weighted by molar-refractivity contribution is 8.18. The van der Waals surface area contributed by atoms with Gasteiger partial charge in [-0.3, -0.25) is 14.5 Å². The zero-order valence-electron chi connectivity index (χ0n) is 16.9. The van der Waals surface area contributed by atoms with Crippen molar-refractivity contribution in [3.63, 3.8) is 0 Å². The summed E-state index contributed by atoms with van der Waals surface area (Å²) in [5, 5.41) is 0.448. The Labute approximate surface area is 182 Å². The molecule has 31 heavy (non-hydrogen) atoms. The van der Waals surface area contributed by atoms with Crippen LogP contribution >= 0.6 is 11.8 Å². The fourth-order valence-corrected chi connectivity index (χ4v) is 4.43. The summed E-state index contributed by atoms with van der Waals surface area (Å²) >= 11 is 0.797. The van der Waals surface area contributed by atoms with Crippen molar-refractivity contribution in [2.24, 2.45) is 0 Å². The molecule has 0 N–H and O–H groups in total. The number of methoxy groups -OCH3 is 1. The van der Waals surface area contributed by atoms with Gasteiger partial charge in [0.05, 0.1) is 12.0 Å². The fourth-order valence-electron chi connectivity index (χ4n) is 3.52. The van der Waals surface area contributed by atoms with E-state index >= 15 is 0 Å². The van der Waals surface area contributed by atoms with Gasteiger partial charge in [0.25, 0.3) is 11.1 Å². The largest absolute Gasteiger partial charge is 0.467 e. The van der Waals surface area contributed by atoms with E-state index in [2.05, 4.69) is 4.74 Å². The lowest BCUT2D eigenvalue weighted by Gasteiger charge is -2.18. The quantitative estimate of drug-likeness (QED) is 0.436. The SMILES string of the molecule is COC(=O)[C@@H](C)N1C(=O)S/C(=C\c2ccc3c(ccn3Cc3cccc(F)c3)c2)C1=O. The number of nitrogens with zero attached hydrogens (tertiary/aromatic N) is 2. The number of halogens is 1. The maximum absolute atomic E-state index is 13.5. The molecule has 8 heteroatoms. The Morgan fingerprint density at radius 1 is 1.19 bits per heavy atom. The lowest BCUT2D eigenvalue weighted by molar-refractivity contribution is -0.148. The Kier molecular flexibility index (Phi) is 5.65. The number of thioether (sulfide) groups is 1. The van der Waals surface area contributed by atoms with Crippen molar-refractivity contribution >= 4 is 45.9 Å². The van der Waals surface area contributed by atoms with Gasteiger partial charge in [0, 0.05) is 23.6 Å². The lowest BCUT2D eigenvalue weighted by Crippen LogP contribution is -2.42. The predicted octanol–water partition coefficient (Wildman–Crippen LogP) is 4.43. The number of rotatable bonds is 5. The van der Waals surface area contributed by atoms with Crippen LogP contribution in [-0.4, -0.2) is 39.7 Å². The van der Waals surface area contributed by atoms with Crippen molar-refractivity contribution in [1.82, 2.24) is 9.47 Å². The molecule has 0 saturated carbocycles. The molecule has 0 radical (unpaired) electrons. The van der Waals surface area contributed by atoms with Crippen molar-refractivity contribution in [2.45, 2.75) is 19.5 Å². The van der Waals surface area contributed by atoms with E-state index in [1.807, 2.05) is 41.1 Å². The molecule has 4 rings (SSSR count). The van der Waals surface area contributed by atoms with Gasteiger partial charge in [0.1, 0.15) is 11.9 Å². The summed E-state index contributed by atoms with van der Waals surface area (Å²) in [6, 6.07) is 13.1. The Bertz CT molecular complexity index is 1230. The van der Waals surface area contributed by atoms with E-state index in [0.717, 1.165) is 38.7 Å². The fraction of sp³-hybridized carbons (Fsp3) is 0.174. The van der Waals surface area contributed by atoms with Gasteiger partial charge < -0.3 is 9.30 Å². The topological polar surface area (TPSA) is 68.6 Å². The van der Waals surface area contributed by atoms with Gasteiger partial charge in [-0.2, -0.15) is 0 Å². The molecular formula is C23H19FN2O4S. The molecule has 2 amide bonds. The number of esters is 1. The van der Waals surface area contributed by atoms with Crippen molar-refractivity contribution in [3.8, 4) is 0 Å². The van der Waals surface area contributed by atoms with Crippen molar-refractivity contribution in [1.29, 1.82) is 0 Å². The third-order valence-electron chi connectivity index (χ3n) is 5.09. The van der Waals surface area contributed by atoms with Crippen LogP contribution in [0.4, 0.5) is 9.18 Å². The maximum atomic E-state index is 13.5. The van der Waals surface area contributed by atoms with Crippen LogP contribution in [-0.2, 0) is 20.9 Å². The number of carbonyl (C=O) groups excluding carboxylic acids is 3. The van der Waals surface area contributed by atoms with E-state index in [-0.39, 0.29) is 10.7 Å². The van der Waals surface area contributed by atoms with Gasteiger partial charge in [-0.15, -0.1) is 0 Å². The molecule has 158 valence electrons. The summed E-state index contributed by atoms with van der Waals surface area (Å²) in [5.41, 5.74) is 2.58. The maximum Gasteiger partial charge on any atom is 0.328 e. The highest BCUT2D eigenvalue weighted by Gasteiger charge is 2.41. The average molecular weight is 438 g/mol. The number of imide groups is 1. The summed E-state index contributed by atoms with van der Waals surface area (Å²) in [6.07, 6.45) is 3.56. The lowest BCUT2D eigenvalue weighted by atomic mass is 10.1. The molecule has 0 spiro atoms. The van der Waals surface area contributed by atoms with Crippen molar-refractivity contribution in [3.05, 3.63) is 76.6 Å². The first-order valence-electron chi connectivity index (χ1n) is 9.55. The van der Waals surface area contributed by atoms with Crippen LogP contribution in [0.3, 0.4) is 0 Å². The zero-order valence-corrected chi connectivity index (χ0v) is 17.7. The minimum absolute atomic E-state index is 0.249. The van der Waals surface area contributed by atoms with Gasteiger partial charge in [-0.05, 0) is 66.2 Å². The molecule has 1 aliphatic rings. The number of benzene rings is 2. The molecule has 1 fully saturated rings. The van der Waals surface area contributed by atoms with Crippen LogP contribution in [0, 0.1) is 5.82 Å². The van der Waals surface area contributed by atoms with Crippen LogP contribution in [0.15, 0.2) is 59.6 Å². The minimum Gasteiger partial charge on any atom is -0.467 e. The monoisotopic (exact) mass is 438 g/mol. The van der Waals surface area contributed by atoms with Crippen LogP contribution in [0.5, 0.6) is 0 Å². The van der Waals surface area contributed by atoms with Crippen LogP contribution in [0.1, 0.15) is 18.1 Å². The Balaban J connectivity index is 1.58. The highest BCUT2D eigenvalue weighted by atomic mass is 32.2. The van der Waals surface area contributed by atoms with Gasteiger partial charge >= 0.3 is 5.97 Å². The standard InChI is InChI=1S/C23H19FN2O4S/c1-14(22(28)30-2)26-21(27)20(31-23(26)29)12-15-6-7-19-17(10-15)8-9-25(19)13-16-4-3-5-18(24)11-16/h3-12,14H,13H2,1-2H3/b20-12-/t14-/m1/s1. The van der Waals surface area contributed by atoms with Gasteiger partial charge in [-0.25, -0.2) is 9.18 Å². The first-order chi connectivity index (χ1) is 14.9. The van der Waals surface area contributed by atoms with Crippen molar-refractivity contribution < 1.29 is 23.5 Å². The summed E-state index contributed by atoms with van der Waals surface area (Å²) in [4.78, 5) is 37.8. The summed E-state index contributed by atoms with van der Waals surface area (Å²) < 4.78 is 20.1. The third kappa shape index (κ3) is 4.11. The first-order valence-corrected chi connectivity index (χ1v) is 10.4. The molecule has 6 nitrogen and oxygen atoms in total. The Hall–Kier alpha value is -3.39. The van der Waals surface area contributed by atoms with E-state index in [0.29, 0.717) is 6.54 Å². The molecular weight excluding hydrogens is 419 g/mol. The highest BCUT2D eigenvalue weighted by Crippen LogP contribution is 2.34. The predicted molar refractivity (Wildman–Crippen MR) is 117 cm³/mol. The van der Waals surface area contributed by atoms with Gasteiger partial charge in [0.15, 0.2) is 0 Å². The molecule has 2 heterocycles. The number of aromatic nitrogens is 1. The number of amides is 2. The normalized spacial score (nSPS) is 16.4. The Morgan fingerprint density at radius 3 is 2.74 bits per heavy atom. The summed E-state index contributed by atoms with van der Waals surface area (Å²) in [5.74, 6) is -1.44. The Morgan fingerprint density at radius 2 is 2.00 bits per heavy atom. The second-order valence-electron chi connectivity index (χ2n) is 7.14. The number of fused-ring (bicyclic) bond motifs is 1. The first kappa shape index (κ1) is 20.9. The summed E-state index contributed by atoms with van der Waals surface area (Å²) in [7, 11) is 1.21. The van der Waals surface area contributed by atoms with E-state index in [1.165, 1.54) is 26.2 Å². The van der Waals surface area contributed by atoms with Crippen LogP contribution in [0.2, 0.25) is 0 Å². The molecule has 3 aromatic rings. The minimum atomic E-state index is -0.984. The average Bonchev–Trinajstić information content (AvgIpc) is 3.26. The number of carbonyl (C=O) groups is 3. The van der Waals surface area contributed by atoms with E-state index in [9.17, 15) is 18.8 Å². The van der Waals surface area contributed by atoms with Crippen LogP contribution < -0.4 is 0 Å². The molecule has 0 bridgehead atoms. The number of ether oxygens (including phenoxy) is 1. The van der Waals surface area contributed by atoms with Gasteiger partial charge in [0.2, 0.25) is 0 Å². The molecule has 0 unspecified atom stereocenters. The van der Waals surface area contributed by atoms with E-state index in [4.69, 9.17) is 0 Å². The summed E-state index contributed by atoms with van der Waals surface area (Å²) in [6.45, 7) is 1.99. The van der Waals surface area contributed by atoms with E-state index in [1.54, 1.807) is 12.1 Å². The van der Waals surface area contributed by atoms with Crippen LogP contribution in [0.25, 0.3) is 17.0 Å².